The summed E-state index contributed by atoms with van der Waals surface area (Å²) in [5, 5.41) is 8.85. The van der Waals surface area contributed by atoms with Crippen molar-refractivity contribution in [3.8, 4) is 0 Å². The molecule has 100 valence electrons. The van der Waals surface area contributed by atoms with Gasteiger partial charge in [0, 0.05) is 22.8 Å². The van der Waals surface area contributed by atoms with Gasteiger partial charge in [0.1, 0.15) is 0 Å². The molecule has 0 aliphatic rings. The normalized spacial score (nSPS) is 11.8. The summed E-state index contributed by atoms with van der Waals surface area (Å²) in [6.45, 7) is 11.5. The van der Waals surface area contributed by atoms with E-state index in [2.05, 4.69) is 39.5 Å². The van der Waals surface area contributed by atoms with Crippen LogP contribution >= 0.6 is 11.3 Å². The lowest BCUT2D eigenvalue weighted by Crippen LogP contribution is -2.29. The topological polar surface area (TPSA) is 40.5 Å². The maximum absolute atomic E-state index is 10.8. The number of nitrogens with zero attached hydrogens (tertiary/aromatic N) is 1. The van der Waals surface area contributed by atoms with Gasteiger partial charge in [0.25, 0.3) is 0 Å². The molecule has 0 aromatic carbocycles. The number of thiophene rings is 1. The van der Waals surface area contributed by atoms with Crippen LogP contribution in [0.25, 0.3) is 0 Å². The van der Waals surface area contributed by atoms with Crippen LogP contribution in [0.1, 0.15) is 30.5 Å². The Bertz CT molecular complexity index is 418. The Morgan fingerprint density at radius 2 is 2.17 bits per heavy atom. The Hall–Kier alpha value is -1.13. The van der Waals surface area contributed by atoms with Gasteiger partial charge in [-0.3, -0.25) is 9.69 Å². The van der Waals surface area contributed by atoms with Crippen LogP contribution in [0.4, 0.5) is 0 Å². The Morgan fingerprint density at radius 1 is 1.50 bits per heavy atom. The number of rotatable bonds is 6. The van der Waals surface area contributed by atoms with Crippen molar-refractivity contribution in [2.45, 2.75) is 32.7 Å². The summed E-state index contributed by atoms with van der Waals surface area (Å²) in [4.78, 5) is 15.2. The third-order valence-electron chi connectivity index (χ3n) is 2.53. The first kappa shape index (κ1) is 14.9. The van der Waals surface area contributed by atoms with E-state index >= 15 is 0 Å². The highest BCUT2D eigenvalue weighted by molar-refractivity contribution is 7.12. The van der Waals surface area contributed by atoms with E-state index in [1.165, 1.54) is 9.75 Å². The minimum Gasteiger partial charge on any atom is -0.480 e. The Labute approximate surface area is 113 Å². The first-order valence-electron chi connectivity index (χ1n) is 5.97. The third kappa shape index (κ3) is 4.63. The van der Waals surface area contributed by atoms with Crippen molar-refractivity contribution in [3.05, 3.63) is 34.5 Å². The summed E-state index contributed by atoms with van der Waals surface area (Å²) >= 11 is 1.75. The van der Waals surface area contributed by atoms with E-state index in [-0.39, 0.29) is 12.0 Å². The second-order valence-electron chi connectivity index (χ2n) is 5.37. The van der Waals surface area contributed by atoms with Crippen LogP contribution in [0.5, 0.6) is 0 Å². The highest BCUT2D eigenvalue weighted by Gasteiger charge is 2.17. The monoisotopic (exact) mass is 267 g/mol. The van der Waals surface area contributed by atoms with Gasteiger partial charge in [-0.25, -0.2) is 0 Å². The summed E-state index contributed by atoms with van der Waals surface area (Å²) in [5.41, 5.74) is 0.152. The van der Waals surface area contributed by atoms with Crippen molar-refractivity contribution in [2.24, 2.45) is 0 Å². The smallest absolute Gasteiger partial charge is 0.317 e. The molecule has 0 aliphatic heterocycles. The molecule has 0 atom stereocenters. The van der Waals surface area contributed by atoms with Crippen LogP contribution in [0.2, 0.25) is 0 Å². The number of hydrogen-bond donors (Lipinski definition) is 1. The van der Waals surface area contributed by atoms with Crippen LogP contribution < -0.4 is 0 Å². The number of aliphatic carboxylic acids is 1. The summed E-state index contributed by atoms with van der Waals surface area (Å²) in [6.07, 6.45) is 1.74. The fraction of sp³-hybridized carbons (Fsp3) is 0.500. The van der Waals surface area contributed by atoms with Gasteiger partial charge >= 0.3 is 5.97 Å². The van der Waals surface area contributed by atoms with Crippen molar-refractivity contribution in [1.29, 1.82) is 0 Å². The van der Waals surface area contributed by atoms with Gasteiger partial charge < -0.3 is 5.11 Å². The minimum atomic E-state index is -0.801. The zero-order valence-electron chi connectivity index (χ0n) is 11.3. The minimum absolute atomic E-state index is 0.0504. The average molecular weight is 267 g/mol. The van der Waals surface area contributed by atoms with Gasteiger partial charge in [-0.1, -0.05) is 26.8 Å². The second kappa shape index (κ2) is 6.16. The Kier molecular flexibility index (Phi) is 5.11. The molecule has 0 spiro atoms. The van der Waals surface area contributed by atoms with Crippen LogP contribution in [0.3, 0.4) is 0 Å². The molecule has 0 bridgehead atoms. The van der Waals surface area contributed by atoms with E-state index in [1.807, 2.05) is 4.90 Å². The molecule has 1 N–H and O–H groups in total. The highest BCUT2D eigenvalue weighted by atomic mass is 32.1. The van der Waals surface area contributed by atoms with E-state index in [0.29, 0.717) is 13.1 Å². The maximum Gasteiger partial charge on any atom is 0.317 e. The molecule has 3 nitrogen and oxygen atoms in total. The highest BCUT2D eigenvalue weighted by Crippen LogP contribution is 2.29. The summed E-state index contributed by atoms with van der Waals surface area (Å²) in [6, 6.07) is 4.22. The van der Waals surface area contributed by atoms with Gasteiger partial charge in [-0.2, -0.15) is 0 Å². The van der Waals surface area contributed by atoms with Crippen molar-refractivity contribution >= 4 is 17.3 Å². The third-order valence-corrected chi connectivity index (χ3v) is 4.02. The standard InChI is InChI=1S/C14H21NO2S/c1-5-8-15(10-13(16)17)9-11-6-7-12(18-11)14(2,3)4/h5-7H,1,8-10H2,2-4H3,(H,16,17). The van der Waals surface area contributed by atoms with Crippen LogP contribution in [0, 0.1) is 0 Å². The molecule has 0 radical (unpaired) electrons. The van der Waals surface area contributed by atoms with E-state index in [0.717, 1.165) is 0 Å². The van der Waals surface area contributed by atoms with Gasteiger partial charge in [0.15, 0.2) is 0 Å². The fourth-order valence-electron chi connectivity index (χ4n) is 1.65. The summed E-state index contributed by atoms with van der Waals surface area (Å²) < 4.78 is 0. The van der Waals surface area contributed by atoms with Gasteiger partial charge in [0.2, 0.25) is 0 Å². The predicted molar refractivity (Wildman–Crippen MR) is 76.1 cm³/mol. The van der Waals surface area contributed by atoms with E-state index in [9.17, 15) is 4.79 Å². The predicted octanol–water partition coefficient (Wildman–Crippen LogP) is 3.12. The Morgan fingerprint density at radius 3 is 2.61 bits per heavy atom. The van der Waals surface area contributed by atoms with Crippen LogP contribution in [-0.4, -0.2) is 29.1 Å². The molecule has 0 saturated carbocycles. The van der Waals surface area contributed by atoms with Crippen molar-refractivity contribution in [2.75, 3.05) is 13.1 Å². The zero-order valence-corrected chi connectivity index (χ0v) is 12.1. The molecule has 1 aromatic rings. The van der Waals surface area contributed by atoms with Gasteiger partial charge in [0.05, 0.1) is 6.54 Å². The van der Waals surface area contributed by atoms with Crippen molar-refractivity contribution in [1.82, 2.24) is 4.90 Å². The maximum atomic E-state index is 10.8. The lowest BCUT2D eigenvalue weighted by molar-refractivity contribution is -0.138. The van der Waals surface area contributed by atoms with Gasteiger partial charge in [-0.15, -0.1) is 17.9 Å². The molecule has 0 aliphatic carbocycles. The van der Waals surface area contributed by atoms with E-state index in [1.54, 1.807) is 17.4 Å². The summed E-state index contributed by atoms with van der Waals surface area (Å²) in [7, 11) is 0. The zero-order chi connectivity index (χ0) is 13.8. The number of hydrogen-bond acceptors (Lipinski definition) is 3. The lowest BCUT2D eigenvalue weighted by atomic mass is 9.95. The molecular formula is C14H21NO2S. The first-order valence-corrected chi connectivity index (χ1v) is 6.79. The van der Waals surface area contributed by atoms with Gasteiger partial charge in [-0.05, 0) is 17.5 Å². The van der Waals surface area contributed by atoms with Crippen LogP contribution in [-0.2, 0) is 16.8 Å². The molecule has 4 heteroatoms. The van der Waals surface area contributed by atoms with Crippen LogP contribution in [0.15, 0.2) is 24.8 Å². The molecule has 0 unspecified atom stereocenters. The Balaban J connectivity index is 2.72. The first-order chi connectivity index (χ1) is 8.32. The largest absolute Gasteiger partial charge is 0.480 e. The second-order valence-corrected chi connectivity index (χ2v) is 6.54. The fourth-order valence-corrected chi connectivity index (χ4v) is 2.75. The molecule has 1 rings (SSSR count). The molecule has 0 fully saturated rings. The molecule has 1 aromatic heterocycles. The number of carbonyl (C=O) groups is 1. The quantitative estimate of drug-likeness (QED) is 0.805. The number of carboxylic acids is 1. The van der Waals surface area contributed by atoms with Crippen molar-refractivity contribution < 1.29 is 9.90 Å². The molecule has 1 heterocycles. The lowest BCUT2D eigenvalue weighted by Gasteiger charge is -2.18. The average Bonchev–Trinajstić information content (AvgIpc) is 2.64. The summed E-state index contributed by atoms with van der Waals surface area (Å²) in [5.74, 6) is -0.801. The molecule has 0 saturated heterocycles. The molecule has 0 amide bonds. The van der Waals surface area contributed by atoms with E-state index in [4.69, 9.17) is 5.11 Å². The SMILES string of the molecule is C=CCN(CC(=O)O)Cc1ccc(C(C)(C)C)s1. The molecular weight excluding hydrogens is 246 g/mol. The molecule has 18 heavy (non-hydrogen) atoms. The van der Waals surface area contributed by atoms with E-state index < -0.39 is 5.97 Å². The van der Waals surface area contributed by atoms with Crippen molar-refractivity contribution in [3.63, 3.8) is 0 Å². The number of carboxylic acid groups (broad SMARTS) is 1.